The Morgan fingerprint density at radius 2 is 1.78 bits per heavy atom. The second-order valence-corrected chi connectivity index (χ2v) is 5.32. The largest absolute Gasteiger partial charge is 0.493 e. The predicted octanol–water partition coefficient (Wildman–Crippen LogP) is 3.63. The highest BCUT2D eigenvalue weighted by Crippen LogP contribution is 2.52. The maximum atomic E-state index is 6.33. The highest BCUT2D eigenvalue weighted by Gasteiger charge is 2.33. The Bertz CT molecular complexity index is 796. The molecule has 0 aliphatic carbocycles. The normalized spacial score (nSPS) is 16.0. The number of hydrogen-bond acceptors (Lipinski definition) is 6. The Balaban J connectivity index is 2.34. The fraction of sp³-hybridized carbons (Fsp3) is 0.250. The highest BCUT2D eigenvalue weighted by atomic mass is 35.5. The van der Waals surface area contributed by atoms with Crippen LogP contribution in [0.25, 0.3) is 0 Å². The molecular formula is C16H16ClN3O3. The van der Waals surface area contributed by atoms with Crippen LogP contribution < -0.4 is 19.1 Å². The fourth-order valence-corrected chi connectivity index (χ4v) is 2.90. The third kappa shape index (κ3) is 2.26. The molecule has 1 aromatic rings. The lowest BCUT2D eigenvalue weighted by Crippen LogP contribution is -2.37. The zero-order valence-corrected chi connectivity index (χ0v) is 14.1. The van der Waals surface area contributed by atoms with Crippen molar-refractivity contribution < 1.29 is 14.2 Å². The summed E-state index contributed by atoms with van der Waals surface area (Å²) in [4.78, 5) is 10.7. The van der Waals surface area contributed by atoms with Gasteiger partial charge in [-0.15, -0.1) is 0 Å². The topological polar surface area (TPSA) is 55.7 Å². The van der Waals surface area contributed by atoms with E-state index in [0.717, 1.165) is 11.4 Å². The molecule has 0 radical (unpaired) electrons. The Morgan fingerprint density at radius 3 is 2.39 bits per heavy atom. The summed E-state index contributed by atoms with van der Waals surface area (Å²) in [5.41, 5.74) is 2.86. The summed E-state index contributed by atoms with van der Waals surface area (Å²) in [5, 5.41) is 0.261. The number of hydrogen-bond donors (Lipinski definition) is 0. The molecule has 2 aliphatic rings. The second kappa shape index (κ2) is 5.62. The molecule has 7 heteroatoms. The first-order valence-corrected chi connectivity index (χ1v) is 7.23. The van der Waals surface area contributed by atoms with Gasteiger partial charge in [0.1, 0.15) is 5.69 Å². The lowest BCUT2D eigenvalue weighted by Gasteiger charge is -2.34. The quantitative estimate of drug-likeness (QED) is 0.847. The zero-order chi connectivity index (χ0) is 16.7. The first-order chi connectivity index (χ1) is 11.0. The molecule has 0 fully saturated rings. The lowest BCUT2D eigenvalue weighted by atomic mass is 10.1. The monoisotopic (exact) mass is 333 g/mol. The summed E-state index contributed by atoms with van der Waals surface area (Å²) >= 11 is 6.33. The summed E-state index contributed by atoms with van der Waals surface area (Å²) in [6.45, 7) is 5.81. The summed E-state index contributed by atoms with van der Waals surface area (Å²) in [5.74, 6) is 1.98. The third-order valence-electron chi connectivity index (χ3n) is 3.61. The maximum absolute atomic E-state index is 6.33. The van der Waals surface area contributed by atoms with E-state index in [1.807, 2.05) is 24.0 Å². The average Bonchev–Trinajstić information content (AvgIpc) is 2.53. The second-order valence-electron chi connectivity index (χ2n) is 4.96. The van der Waals surface area contributed by atoms with Gasteiger partial charge in [0, 0.05) is 11.8 Å². The van der Waals surface area contributed by atoms with Gasteiger partial charge >= 0.3 is 0 Å². The van der Waals surface area contributed by atoms with Crippen LogP contribution in [0, 0.1) is 0 Å². The molecular weight excluding hydrogens is 318 g/mol. The number of aliphatic imine (C=N–C) groups is 2. The van der Waals surface area contributed by atoms with Crippen molar-refractivity contribution in [3.05, 3.63) is 30.1 Å². The molecule has 2 aliphatic heterocycles. The van der Waals surface area contributed by atoms with Crippen molar-refractivity contribution in [3.8, 4) is 17.2 Å². The molecule has 0 amide bonds. The van der Waals surface area contributed by atoms with E-state index < -0.39 is 0 Å². The first-order valence-electron chi connectivity index (χ1n) is 6.85. The van der Waals surface area contributed by atoms with Crippen LogP contribution in [0.1, 0.15) is 6.92 Å². The standard InChI is InChI=1S/C16H16ClN3O3/c1-8-6-9(2)20-10-7-11(21-3)13(22-4)14(23-5)12(10)19-15(17)16(20)18-8/h6-7H,1H2,2-5H3. The van der Waals surface area contributed by atoms with Crippen molar-refractivity contribution in [1.29, 1.82) is 0 Å². The first kappa shape index (κ1) is 15.4. The number of nitrogens with zero attached hydrogens (tertiary/aromatic N) is 3. The molecule has 6 nitrogen and oxygen atoms in total. The molecule has 3 rings (SSSR count). The Hall–Kier alpha value is -2.47. The molecule has 0 atom stereocenters. The number of ether oxygens (including phenoxy) is 3. The van der Waals surface area contributed by atoms with Crippen molar-refractivity contribution in [2.75, 3.05) is 26.2 Å². The molecule has 0 aromatic heterocycles. The molecule has 120 valence electrons. The van der Waals surface area contributed by atoms with Crippen LogP contribution in [-0.4, -0.2) is 32.3 Å². The summed E-state index contributed by atoms with van der Waals surface area (Å²) in [7, 11) is 4.66. The van der Waals surface area contributed by atoms with Crippen molar-refractivity contribution in [3.63, 3.8) is 0 Å². The van der Waals surface area contributed by atoms with Crippen LogP contribution >= 0.6 is 11.6 Å². The van der Waals surface area contributed by atoms with Crippen molar-refractivity contribution in [1.82, 2.24) is 0 Å². The van der Waals surface area contributed by atoms with Gasteiger partial charge in [0.2, 0.25) is 5.75 Å². The van der Waals surface area contributed by atoms with Gasteiger partial charge in [0.05, 0.1) is 32.7 Å². The number of amidine groups is 1. The molecule has 0 saturated carbocycles. The van der Waals surface area contributed by atoms with E-state index in [-0.39, 0.29) is 5.17 Å². The highest BCUT2D eigenvalue weighted by molar-refractivity contribution is 6.86. The van der Waals surface area contributed by atoms with Gasteiger partial charge in [0.15, 0.2) is 22.5 Å². The van der Waals surface area contributed by atoms with E-state index in [1.54, 1.807) is 21.3 Å². The van der Waals surface area contributed by atoms with Gasteiger partial charge in [0.25, 0.3) is 0 Å². The van der Waals surface area contributed by atoms with Gasteiger partial charge in [-0.3, -0.25) is 4.90 Å². The Kier molecular flexibility index (Phi) is 3.77. The van der Waals surface area contributed by atoms with E-state index in [0.29, 0.717) is 34.5 Å². The third-order valence-corrected chi connectivity index (χ3v) is 3.86. The molecule has 0 unspecified atom stereocenters. The van der Waals surface area contributed by atoms with E-state index in [9.17, 15) is 0 Å². The van der Waals surface area contributed by atoms with Gasteiger partial charge in [-0.05, 0) is 13.0 Å². The van der Waals surface area contributed by atoms with E-state index in [4.69, 9.17) is 25.8 Å². The van der Waals surface area contributed by atoms with E-state index in [1.165, 1.54) is 0 Å². The number of halogens is 1. The van der Waals surface area contributed by atoms with Crippen molar-refractivity contribution in [2.45, 2.75) is 6.92 Å². The number of fused-ring (bicyclic) bond motifs is 3. The molecule has 0 bridgehead atoms. The maximum Gasteiger partial charge on any atom is 0.205 e. The molecule has 0 saturated heterocycles. The average molecular weight is 334 g/mol. The smallest absolute Gasteiger partial charge is 0.205 e. The molecule has 0 spiro atoms. The molecule has 1 aromatic carbocycles. The van der Waals surface area contributed by atoms with Crippen molar-refractivity contribution >= 4 is 34.0 Å². The summed E-state index contributed by atoms with van der Waals surface area (Å²) in [6, 6.07) is 1.82. The van der Waals surface area contributed by atoms with Crippen LogP contribution in [0.3, 0.4) is 0 Å². The Labute approximate surface area is 139 Å². The van der Waals surface area contributed by atoms with Gasteiger partial charge < -0.3 is 14.2 Å². The number of methoxy groups -OCH3 is 3. The minimum absolute atomic E-state index is 0.261. The minimum Gasteiger partial charge on any atom is -0.493 e. The minimum atomic E-state index is 0.261. The number of anilines is 1. The predicted molar refractivity (Wildman–Crippen MR) is 91.9 cm³/mol. The SMILES string of the molecule is C=C1C=C(C)N2C(=N1)C(Cl)=Nc1c2cc(OC)c(OC)c1OC. The zero-order valence-electron chi connectivity index (χ0n) is 13.3. The summed E-state index contributed by atoms with van der Waals surface area (Å²) in [6.07, 6.45) is 1.87. The molecule has 23 heavy (non-hydrogen) atoms. The van der Waals surface area contributed by atoms with Crippen LogP contribution in [0.15, 0.2) is 40.1 Å². The van der Waals surface area contributed by atoms with Crippen LogP contribution in [0.5, 0.6) is 17.2 Å². The summed E-state index contributed by atoms with van der Waals surface area (Å²) < 4.78 is 16.3. The van der Waals surface area contributed by atoms with Gasteiger partial charge in [-0.25, -0.2) is 9.98 Å². The van der Waals surface area contributed by atoms with Crippen LogP contribution in [-0.2, 0) is 0 Å². The lowest BCUT2D eigenvalue weighted by molar-refractivity contribution is 0.325. The van der Waals surface area contributed by atoms with Crippen LogP contribution in [0.4, 0.5) is 11.4 Å². The number of allylic oxidation sites excluding steroid dienone is 2. The molecule has 0 N–H and O–H groups in total. The number of rotatable bonds is 3. The Morgan fingerprint density at radius 1 is 1.09 bits per heavy atom. The van der Waals surface area contributed by atoms with E-state index in [2.05, 4.69) is 16.6 Å². The van der Waals surface area contributed by atoms with E-state index >= 15 is 0 Å². The van der Waals surface area contributed by atoms with Crippen LogP contribution in [0.2, 0.25) is 0 Å². The fourth-order valence-electron chi connectivity index (χ4n) is 2.69. The number of benzene rings is 1. The van der Waals surface area contributed by atoms with Crippen molar-refractivity contribution in [2.24, 2.45) is 9.98 Å². The van der Waals surface area contributed by atoms with Gasteiger partial charge in [-0.1, -0.05) is 18.2 Å². The van der Waals surface area contributed by atoms with Gasteiger partial charge in [-0.2, -0.15) is 0 Å². The molecule has 2 heterocycles.